The molecular weight excluding hydrogens is 290 g/mol. The molecule has 0 bridgehead atoms. The van der Waals surface area contributed by atoms with Crippen LogP contribution < -0.4 is 10.6 Å². The summed E-state index contributed by atoms with van der Waals surface area (Å²) in [4.78, 5) is 11.8. The summed E-state index contributed by atoms with van der Waals surface area (Å²) in [5.41, 5.74) is 0.876. The predicted octanol–water partition coefficient (Wildman–Crippen LogP) is 3.29. The SMILES string of the molecule is CCn1cccc1CNC1CCCC1CNC(=O)OC(C)(C)C. The van der Waals surface area contributed by atoms with Crippen LogP contribution in [0.2, 0.25) is 0 Å². The zero-order valence-corrected chi connectivity index (χ0v) is 14.9. The Hall–Kier alpha value is -1.49. The molecule has 2 rings (SSSR count). The molecule has 0 aromatic carbocycles. The average molecular weight is 321 g/mol. The van der Waals surface area contributed by atoms with Gasteiger partial charge in [0.05, 0.1) is 0 Å². The molecule has 2 atom stereocenters. The minimum absolute atomic E-state index is 0.317. The molecule has 0 saturated heterocycles. The van der Waals surface area contributed by atoms with Gasteiger partial charge in [0.15, 0.2) is 0 Å². The van der Waals surface area contributed by atoms with Crippen LogP contribution in [-0.4, -0.2) is 28.8 Å². The van der Waals surface area contributed by atoms with Crippen molar-refractivity contribution in [1.82, 2.24) is 15.2 Å². The van der Waals surface area contributed by atoms with Gasteiger partial charge in [-0.05, 0) is 58.6 Å². The number of carbonyl (C=O) groups is 1. The highest BCUT2D eigenvalue weighted by Gasteiger charge is 2.28. The van der Waals surface area contributed by atoms with Gasteiger partial charge in [0, 0.05) is 37.6 Å². The molecule has 1 saturated carbocycles. The van der Waals surface area contributed by atoms with E-state index < -0.39 is 5.60 Å². The number of hydrogen-bond acceptors (Lipinski definition) is 3. The molecule has 130 valence electrons. The number of nitrogens with one attached hydrogen (secondary N) is 2. The normalized spacial score (nSPS) is 21.4. The third kappa shape index (κ3) is 5.57. The Morgan fingerprint density at radius 1 is 1.39 bits per heavy atom. The Morgan fingerprint density at radius 2 is 2.17 bits per heavy atom. The second-order valence-corrected chi connectivity index (χ2v) is 7.35. The first-order valence-electron chi connectivity index (χ1n) is 8.73. The number of aromatic nitrogens is 1. The molecule has 1 aromatic rings. The maximum Gasteiger partial charge on any atom is 0.407 e. The summed E-state index contributed by atoms with van der Waals surface area (Å²) >= 11 is 0. The molecule has 2 unspecified atom stereocenters. The van der Waals surface area contributed by atoms with Crippen LogP contribution >= 0.6 is 0 Å². The Bertz CT molecular complexity index is 505. The van der Waals surface area contributed by atoms with Crippen LogP contribution in [0, 0.1) is 5.92 Å². The second kappa shape index (κ2) is 7.86. The molecule has 0 radical (unpaired) electrons. The van der Waals surface area contributed by atoms with Crippen molar-refractivity contribution >= 4 is 6.09 Å². The van der Waals surface area contributed by atoms with E-state index in [4.69, 9.17) is 4.74 Å². The lowest BCUT2D eigenvalue weighted by Crippen LogP contribution is -2.41. The van der Waals surface area contributed by atoms with E-state index in [1.54, 1.807) is 0 Å². The summed E-state index contributed by atoms with van der Waals surface area (Å²) in [5, 5.41) is 6.59. The third-order valence-corrected chi connectivity index (χ3v) is 4.38. The highest BCUT2D eigenvalue weighted by Crippen LogP contribution is 2.25. The topological polar surface area (TPSA) is 55.3 Å². The summed E-state index contributed by atoms with van der Waals surface area (Å²) in [6, 6.07) is 4.72. The van der Waals surface area contributed by atoms with Crippen LogP contribution in [0.25, 0.3) is 0 Å². The minimum Gasteiger partial charge on any atom is -0.444 e. The van der Waals surface area contributed by atoms with Gasteiger partial charge in [-0.3, -0.25) is 0 Å². The number of nitrogens with zero attached hydrogens (tertiary/aromatic N) is 1. The minimum atomic E-state index is -0.441. The van der Waals surface area contributed by atoms with Crippen molar-refractivity contribution in [2.75, 3.05) is 6.54 Å². The Labute approximate surface area is 139 Å². The molecule has 1 aliphatic carbocycles. The van der Waals surface area contributed by atoms with Crippen LogP contribution in [0.15, 0.2) is 18.3 Å². The molecule has 0 aliphatic heterocycles. The summed E-state index contributed by atoms with van der Waals surface area (Å²) in [6.45, 7) is 10.4. The van der Waals surface area contributed by atoms with Gasteiger partial charge in [-0.2, -0.15) is 0 Å². The van der Waals surface area contributed by atoms with E-state index in [-0.39, 0.29) is 6.09 Å². The van der Waals surface area contributed by atoms with Crippen molar-refractivity contribution in [2.45, 2.75) is 71.7 Å². The van der Waals surface area contributed by atoms with Gasteiger partial charge in [0.2, 0.25) is 0 Å². The molecule has 1 aliphatic rings. The number of amides is 1. The van der Waals surface area contributed by atoms with Gasteiger partial charge in [0.1, 0.15) is 5.60 Å². The van der Waals surface area contributed by atoms with Gasteiger partial charge >= 0.3 is 6.09 Å². The number of alkyl carbamates (subject to hydrolysis) is 1. The Kier molecular flexibility index (Phi) is 6.10. The largest absolute Gasteiger partial charge is 0.444 e. The number of rotatable bonds is 6. The van der Waals surface area contributed by atoms with E-state index in [9.17, 15) is 4.79 Å². The van der Waals surface area contributed by atoms with Crippen LogP contribution in [0.3, 0.4) is 0 Å². The summed E-state index contributed by atoms with van der Waals surface area (Å²) in [7, 11) is 0. The maximum atomic E-state index is 11.8. The third-order valence-electron chi connectivity index (χ3n) is 4.38. The lowest BCUT2D eigenvalue weighted by Gasteiger charge is -2.24. The molecule has 2 N–H and O–H groups in total. The highest BCUT2D eigenvalue weighted by molar-refractivity contribution is 5.67. The first-order valence-corrected chi connectivity index (χ1v) is 8.73. The average Bonchev–Trinajstić information content (AvgIpc) is 3.09. The molecule has 5 heteroatoms. The Morgan fingerprint density at radius 3 is 2.87 bits per heavy atom. The van der Waals surface area contributed by atoms with E-state index in [1.807, 2.05) is 20.8 Å². The van der Waals surface area contributed by atoms with Crippen molar-refractivity contribution in [1.29, 1.82) is 0 Å². The molecule has 1 heterocycles. The van der Waals surface area contributed by atoms with E-state index in [0.29, 0.717) is 18.5 Å². The van der Waals surface area contributed by atoms with Gasteiger partial charge < -0.3 is 19.9 Å². The quantitative estimate of drug-likeness (QED) is 0.845. The molecule has 1 fully saturated rings. The van der Waals surface area contributed by atoms with Crippen molar-refractivity contribution in [2.24, 2.45) is 5.92 Å². The predicted molar refractivity (Wildman–Crippen MR) is 92.3 cm³/mol. The van der Waals surface area contributed by atoms with E-state index in [1.165, 1.54) is 18.5 Å². The summed E-state index contributed by atoms with van der Waals surface area (Å²) in [6.07, 6.45) is 5.35. The van der Waals surface area contributed by atoms with Gasteiger partial charge in [-0.1, -0.05) is 6.42 Å². The van der Waals surface area contributed by atoms with E-state index in [0.717, 1.165) is 19.5 Å². The van der Waals surface area contributed by atoms with Crippen LogP contribution in [0.5, 0.6) is 0 Å². The summed E-state index contributed by atoms with van der Waals surface area (Å²) < 4.78 is 7.57. The van der Waals surface area contributed by atoms with Gasteiger partial charge in [-0.15, -0.1) is 0 Å². The van der Waals surface area contributed by atoms with Gasteiger partial charge in [0.25, 0.3) is 0 Å². The monoisotopic (exact) mass is 321 g/mol. The standard InChI is InChI=1S/C18H31N3O2/c1-5-21-11-7-9-15(21)13-19-16-10-6-8-14(16)12-20-17(22)23-18(2,3)4/h7,9,11,14,16,19H,5-6,8,10,12-13H2,1-4H3,(H,20,22). The van der Waals surface area contributed by atoms with Crippen LogP contribution in [0.4, 0.5) is 4.79 Å². The second-order valence-electron chi connectivity index (χ2n) is 7.35. The fourth-order valence-electron chi connectivity index (χ4n) is 3.23. The number of aryl methyl sites for hydroxylation is 1. The van der Waals surface area contributed by atoms with Crippen molar-refractivity contribution < 1.29 is 9.53 Å². The van der Waals surface area contributed by atoms with Crippen molar-refractivity contribution in [3.8, 4) is 0 Å². The first kappa shape index (κ1) is 17.9. The number of hydrogen-bond donors (Lipinski definition) is 2. The Balaban J connectivity index is 1.78. The first-order chi connectivity index (χ1) is 10.9. The lowest BCUT2D eigenvalue weighted by molar-refractivity contribution is 0.0517. The number of ether oxygens (including phenoxy) is 1. The zero-order chi connectivity index (χ0) is 16.9. The molecule has 23 heavy (non-hydrogen) atoms. The molecule has 1 amide bonds. The van der Waals surface area contributed by atoms with E-state index >= 15 is 0 Å². The molecule has 5 nitrogen and oxygen atoms in total. The van der Waals surface area contributed by atoms with Crippen molar-refractivity contribution in [3.05, 3.63) is 24.0 Å². The summed E-state index contributed by atoms with van der Waals surface area (Å²) in [5.74, 6) is 0.479. The van der Waals surface area contributed by atoms with Crippen LogP contribution in [-0.2, 0) is 17.8 Å². The fourth-order valence-corrected chi connectivity index (χ4v) is 3.23. The zero-order valence-electron chi connectivity index (χ0n) is 14.9. The maximum absolute atomic E-state index is 11.8. The molecular formula is C18H31N3O2. The smallest absolute Gasteiger partial charge is 0.407 e. The van der Waals surface area contributed by atoms with Gasteiger partial charge in [-0.25, -0.2) is 4.79 Å². The number of carbonyl (C=O) groups excluding carboxylic acids is 1. The van der Waals surface area contributed by atoms with Crippen molar-refractivity contribution in [3.63, 3.8) is 0 Å². The molecule has 1 aromatic heterocycles. The fraction of sp³-hybridized carbons (Fsp3) is 0.722. The van der Waals surface area contributed by atoms with E-state index in [2.05, 4.69) is 40.5 Å². The van der Waals surface area contributed by atoms with Crippen LogP contribution in [0.1, 0.15) is 52.7 Å². The highest BCUT2D eigenvalue weighted by atomic mass is 16.6. The molecule has 0 spiro atoms. The lowest BCUT2D eigenvalue weighted by atomic mass is 10.0.